The van der Waals surface area contributed by atoms with Crippen molar-refractivity contribution in [3.8, 4) is 5.75 Å². The van der Waals surface area contributed by atoms with E-state index in [0.717, 1.165) is 36.8 Å². The highest BCUT2D eigenvalue weighted by molar-refractivity contribution is 5.85. The summed E-state index contributed by atoms with van der Waals surface area (Å²) in [6, 6.07) is 5.39. The van der Waals surface area contributed by atoms with Gasteiger partial charge in [0.1, 0.15) is 18.1 Å². The Balaban J connectivity index is 1.81. The quantitative estimate of drug-likeness (QED) is 0.860. The summed E-state index contributed by atoms with van der Waals surface area (Å²) in [4.78, 5) is 24.6. The van der Waals surface area contributed by atoms with Gasteiger partial charge in [0, 0.05) is 18.8 Å². The average molecular weight is 344 g/mol. The molecular weight excluding hydrogens is 316 g/mol. The molecule has 4 unspecified atom stereocenters. The molecule has 2 saturated carbocycles. The zero-order valence-corrected chi connectivity index (χ0v) is 15.1. The molecule has 136 valence electrons. The van der Waals surface area contributed by atoms with Crippen molar-refractivity contribution < 1.29 is 19.8 Å². The lowest BCUT2D eigenvalue weighted by Gasteiger charge is -2.43. The van der Waals surface area contributed by atoms with Gasteiger partial charge in [-0.1, -0.05) is 13.0 Å². The van der Waals surface area contributed by atoms with Crippen LogP contribution in [0.4, 0.5) is 0 Å². The van der Waals surface area contributed by atoms with E-state index in [-0.39, 0.29) is 34.7 Å². The van der Waals surface area contributed by atoms with Gasteiger partial charge in [0.05, 0.1) is 0 Å². The second-order valence-corrected chi connectivity index (χ2v) is 8.28. The Labute approximate surface area is 149 Å². The number of fused-ring (bicyclic) bond motifs is 1. The molecule has 0 heterocycles. The number of aryl methyl sites for hydroxylation is 2. The smallest absolute Gasteiger partial charge is 0.161 e. The van der Waals surface area contributed by atoms with Gasteiger partial charge in [-0.05, 0) is 73.1 Å². The van der Waals surface area contributed by atoms with E-state index in [9.17, 15) is 19.8 Å². The number of carbonyl (C=O) groups is 2. The minimum absolute atomic E-state index is 0.0680. The van der Waals surface area contributed by atoms with E-state index in [1.54, 1.807) is 12.1 Å². The molecule has 25 heavy (non-hydrogen) atoms. The number of phenolic OH excluding ortho intramolecular Hbond substituents is 1. The Bertz CT molecular complexity index is 680. The van der Waals surface area contributed by atoms with Crippen LogP contribution in [0, 0.1) is 30.1 Å². The standard InChI is InChI=1S/C21H28O4/c1-13-3-6-16(23)9-14(13)4-5-15-10-17(24)11-21(2)8-7-18(20(15)21)19(25)12-22/h3,6,9,15,18,20,22-23H,4-5,7-8,10-12H2,1-2H3. The van der Waals surface area contributed by atoms with Crippen molar-refractivity contribution in [2.75, 3.05) is 6.61 Å². The number of phenols is 1. The summed E-state index contributed by atoms with van der Waals surface area (Å²) in [5, 5.41) is 19.1. The zero-order chi connectivity index (χ0) is 18.2. The number of aliphatic hydroxyl groups is 1. The molecule has 1 aromatic carbocycles. The van der Waals surface area contributed by atoms with Gasteiger partial charge >= 0.3 is 0 Å². The Morgan fingerprint density at radius 1 is 1.36 bits per heavy atom. The molecule has 0 aliphatic heterocycles. The molecule has 4 atom stereocenters. The van der Waals surface area contributed by atoms with Gasteiger partial charge in [0.2, 0.25) is 0 Å². The van der Waals surface area contributed by atoms with E-state index >= 15 is 0 Å². The van der Waals surface area contributed by atoms with Gasteiger partial charge in [0.25, 0.3) is 0 Å². The maximum Gasteiger partial charge on any atom is 0.161 e. The van der Waals surface area contributed by atoms with Crippen molar-refractivity contribution >= 4 is 11.6 Å². The summed E-state index contributed by atoms with van der Waals surface area (Å²) in [5.41, 5.74) is 2.13. The number of aliphatic hydroxyl groups excluding tert-OH is 1. The number of aromatic hydroxyl groups is 1. The predicted molar refractivity (Wildman–Crippen MR) is 95.3 cm³/mol. The highest BCUT2D eigenvalue weighted by Crippen LogP contribution is 2.57. The third-order valence-electron chi connectivity index (χ3n) is 6.55. The van der Waals surface area contributed by atoms with Crippen molar-refractivity contribution in [2.24, 2.45) is 23.2 Å². The molecule has 0 saturated heterocycles. The lowest BCUT2D eigenvalue weighted by molar-refractivity contribution is -0.134. The number of rotatable bonds is 5. The number of ketones is 2. The van der Waals surface area contributed by atoms with Gasteiger partial charge < -0.3 is 10.2 Å². The molecule has 1 aromatic rings. The van der Waals surface area contributed by atoms with Crippen LogP contribution < -0.4 is 0 Å². The van der Waals surface area contributed by atoms with E-state index in [0.29, 0.717) is 18.6 Å². The molecule has 0 spiro atoms. The van der Waals surface area contributed by atoms with E-state index < -0.39 is 6.61 Å². The first-order valence-electron chi connectivity index (χ1n) is 9.28. The molecule has 0 bridgehead atoms. The van der Waals surface area contributed by atoms with Gasteiger partial charge in [-0.15, -0.1) is 0 Å². The average Bonchev–Trinajstić information content (AvgIpc) is 2.91. The normalized spacial score (nSPS) is 31.8. The fourth-order valence-electron chi connectivity index (χ4n) is 5.39. The van der Waals surface area contributed by atoms with Crippen molar-refractivity contribution in [2.45, 2.75) is 52.4 Å². The Hall–Kier alpha value is -1.68. The molecule has 3 rings (SSSR count). The van der Waals surface area contributed by atoms with E-state index in [1.807, 2.05) is 13.0 Å². The fourth-order valence-corrected chi connectivity index (χ4v) is 5.39. The SMILES string of the molecule is Cc1ccc(O)cc1CCC1CC(=O)CC2(C)CCC(C(=O)CO)C12. The van der Waals surface area contributed by atoms with Crippen LogP contribution in [0.5, 0.6) is 5.75 Å². The third-order valence-corrected chi connectivity index (χ3v) is 6.55. The molecule has 2 aliphatic carbocycles. The molecule has 2 N–H and O–H groups in total. The highest BCUT2D eigenvalue weighted by atomic mass is 16.3. The summed E-state index contributed by atoms with van der Waals surface area (Å²) in [6.45, 7) is 3.77. The zero-order valence-electron chi connectivity index (χ0n) is 15.1. The monoisotopic (exact) mass is 344 g/mol. The van der Waals surface area contributed by atoms with Crippen LogP contribution in [0.2, 0.25) is 0 Å². The van der Waals surface area contributed by atoms with E-state index in [1.165, 1.54) is 0 Å². The number of Topliss-reactive ketones (excluding diaryl/α,β-unsaturated/α-hetero) is 2. The number of carbonyl (C=O) groups excluding carboxylic acids is 2. The molecule has 4 heteroatoms. The van der Waals surface area contributed by atoms with Crippen LogP contribution in [0.25, 0.3) is 0 Å². The lowest BCUT2D eigenvalue weighted by Crippen LogP contribution is -2.42. The van der Waals surface area contributed by atoms with Gasteiger partial charge in [0.15, 0.2) is 5.78 Å². The third kappa shape index (κ3) is 3.50. The molecular formula is C21H28O4. The first-order chi connectivity index (χ1) is 11.8. The van der Waals surface area contributed by atoms with Crippen LogP contribution >= 0.6 is 0 Å². The summed E-state index contributed by atoms with van der Waals surface area (Å²) in [7, 11) is 0. The van der Waals surface area contributed by atoms with Gasteiger partial charge in [-0.2, -0.15) is 0 Å². The van der Waals surface area contributed by atoms with E-state index in [2.05, 4.69) is 6.92 Å². The van der Waals surface area contributed by atoms with Crippen LogP contribution in [-0.4, -0.2) is 28.4 Å². The summed E-state index contributed by atoms with van der Waals surface area (Å²) >= 11 is 0. The second kappa shape index (κ2) is 6.91. The molecule has 4 nitrogen and oxygen atoms in total. The van der Waals surface area contributed by atoms with Crippen LogP contribution in [-0.2, 0) is 16.0 Å². The van der Waals surface area contributed by atoms with Crippen LogP contribution in [0.15, 0.2) is 18.2 Å². The first kappa shape index (κ1) is 18.1. The Kier molecular flexibility index (Phi) is 5.01. The first-order valence-corrected chi connectivity index (χ1v) is 9.28. The molecule has 0 amide bonds. The minimum Gasteiger partial charge on any atom is -0.508 e. The van der Waals surface area contributed by atoms with Gasteiger partial charge in [-0.3, -0.25) is 9.59 Å². The minimum atomic E-state index is -0.399. The van der Waals surface area contributed by atoms with Crippen molar-refractivity contribution in [1.82, 2.24) is 0 Å². The van der Waals surface area contributed by atoms with Crippen LogP contribution in [0.3, 0.4) is 0 Å². The Morgan fingerprint density at radius 2 is 2.12 bits per heavy atom. The molecule has 0 radical (unpaired) electrons. The second-order valence-electron chi connectivity index (χ2n) is 8.28. The molecule has 0 aromatic heterocycles. The predicted octanol–water partition coefficient (Wildman–Crippen LogP) is 3.21. The number of hydrogen-bond donors (Lipinski definition) is 2. The summed E-state index contributed by atoms with van der Waals surface area (Å²) in [6.07, 6.45) is 4.41. The molecule has 2 aliphatic rings. The number of hydrogen-bond acceptors (Lipinski definition) is 4. The summed E-state index contributed by atoms with van der Waals surface area (Å²) < 4.78 is 0. The molecule has 2 fully saturated rings. The topological polar surface area (TPSA) is 74.6 Å². The maximum atomic E-state index is 12.3. The number of benzene rings is 1. The summed E-state index contributed by atoms with van der Waals surface area (Å²) in [5.74, 6) is 0.742. The lowest BCUT2D eigenvalue weighted by atomic mass is 9.60. The highest BCUT2D eigenvalue weighted by Gasteiger charge is 2.54. The van der Waals surface area contributed by atoms with Crippen molar-refractivity contribution in [3.05, 3.63) is 29.3 Å². The van der Waals surface area contributed by atoms with Crippen LogP contribution in [0.1, 0.15) is 50.2 Å². The van der Waals surface area contributed by atoms with Crippen molar-refractivity contribution in [3.63, 3.8) is 0 Å². The fraction of sp³-hybridized carbons (Fsp3) is 0.619. The van der Waals surface area contributed by atoms with Gasteiger partial charge in [-0.25, -0.2) is 0 Å². The Morgan fingerprint density at radius 3 is 2.84 bits per heavy atom. The van der Waals surface area contributed by atoms with E-state index in [4.69, 9.17) is 0 Å². The van der Waals surface area contributed by atoms with Crippen molar-refractivity contribution in [1.29, 1.82) is 0 Å². The maximum absolute atomic E-state index is 12.3. The largest absolute Gasteiger partial charge is 0.508 e.